The lowest BCUT2D eigenvalue weighted by molar-refractivity contribution is -0.147. The molecule has 1 fully saturated rings. The Hall–Kier alpha value is -5.76. The first-order chi connectivity index (χ1) is 30.5. The van der Waals surface area contributed by atoms with Crippen molar-refractivity contribution >= 4 is 58.7 Å². The number of nitrogens with zero attached hydrogens (tertiary/aromatic N) is 1. The van der Waals surface area contributed by atoms with Gasteiger partial charge >= 0.3 is 18.0 Å². The number of rotatable bonds is 18. The quantitative estimate of drug-likeness (QED) is 0.0415. The third-order valence-corrected chi connectivity index (χ3v) is 10.8. The maximum atomic E-state index is 16.1. The molecule has 3 aromatic carbocycles. The second kappa shape index (κ2) is 22.4. The topological polar surface area (TPSA) is 194 Å². The zero-order chi connectivity index (χ0) is 48.3. The fraction of sp³-hybridized carbons (Fsp3) is 0.447. The minimum absolute atomic E-state index is 0.00606. The van der Waals surface area contributed by atoms with Crippen molar-refractivity contribution in [2.24, 2.45) is 5.41 Å². The number of hydrogen-bond acceptors (Lipinski definition) is 11. The molecule has 1 aliphatic rings. The van der Waals surface area contributed by atoms with E-state index in [4.69, 9.17) is 42.1 Å². The molecule has 18 heteroatoms. The second-order valence-electron chi connectivity index (χ2n) is 17.6. The molecule has 0 radical (unpaired) electrons. The Bertz CT molecular complexity index is 2290. The lowest BCUT2D eigenvalue weighted by Gasteiger charge is -2.37. The number of carbonyl (C=O) groups is 5. The van der Waals surface area contributed by atoms with Crippen LogP contribution < -0.4 is 26.0 Å². The Morgan fingerprint density at radius 1 is 1.00 bits per heavy atom. The largest absolute Gasteiger partial charge is 0.495 e. The summed E-state index contributed by atoms with van der Waals surface area (Å²) in [7, 11) is 1.29. The highest BCUT2D eigenvalue weighted by Gasteiger charge is 2.61. The summed E-state index contributed by atoms with van der Waals surface area (Å²) in [5.41, 5.74) is -3.20. The highest BCUT2D eigenvalue weighted by molar-refractivity contribution is 6.31. The first-order valence-corrected chi connectivity index (χ1v) is 21.6. The lowest BCUT2D eigenvalue weighted by atomic mass is 9.62. The van der Waals surface area contributed by atoms with Gasteiger partial charge in [-0.25, -0.2) is 23.2 Å². The number of esters is 2. The van der Waals surface area contributed by atoms with E-state index in [0.29, 0.717) is 12.8 Å². The lowest BCUT2D eigenvalue weighted by Crippen LogP contribution is -2.45. The fourth-order valence-corrected chi connectivity index (χ4v) is 7.95. The van der Waals surface area contributed by atoms with E-state index in [0.717, 1.165) is 6.07 Å². The molecule has 1 saturated heterocycles. The number of ether oxygens (including phenoxy) is 4. The summed E-state index contributed by atoms with van der Waals surface area (Å²) in [6.07, 6.45) is 2.03. The Kier molecular flexibility index (Phi) is 17.9. The Morgan fingerprint density at radius 3 is 2.35 bits per heavy atom. The molecule has 3 amide bonds. The molecule has 5 atom stereocenters. The van der Waals surface area contributed by atoms with E-state index in [-0.39, 0.29) is 64.2 Å². The minimum Gasteiger partial charge on any atom is -0.495 e. The summed E-state index contributed by atoms with van der Waals surface area (Å²) in [4.78, 5) is 65.3. The molecule has 0 spiro atoms. The highest BCUT2D eigenvalue weighted by Crippen LogP contribution is 2.53. The number of unbranched alkanes of at least 4 members (excludes halogenated alkanes) is 1. The van der Waals surface area contributed by atoms with Gasteiger partial charge in [0.1, 0.15) is 41.0 Å². The van der Waals surface area contributed by atoms with Gasteiger partial charge in [0, 0.05) is 29.1 Å². The van der Waals surface area contributed by atoms with Crippen molar-refractivity contribution in [2.45, 2.75) is 102 Å². The number of methoxy groups -OCH3 is 1. The van der Waals surface area contributed by atoms with Gasteiger partial charge in [-0.1, -0.05) is 74.8 Å². The molecular weight excluding hydrogens is 887 g/mol. The van der Waals surface area contributed by atoms with Crippen LogP contribution in [0, 0.1) is 28.4 Å². The van der Waals surface area contributed by atoms with Crippen molar-refractivity contribution in [3.63, 3.8) is 0 Å². The SMILES string of the molecule is C=CCOC(=O)[C@H](CCCCNC(=O)OC(C)(C)C)NC(=O)COC(=O)c1ccc(NC(=O)[C@@H]2N[C@@H](CC(C)(C)C)[C@](C#N)(c3ccc(Cl)cc3F)[C@H]2c2cccc(Cl)c2F)c(OC)c1. The zero-order valence-electron chi connectivity index (χ0n) is 37.4. The predicted molar refractivity (Wildman–Crippen MR) is 241 cm³/mol. The van der Waals surface area contributed by atoms with E-state index in [9.17, 15) is 29.2 Å². The van der Waals surface area contributed by atoms with E-state index in [2.05, 4.69) is 33.9 Å². The number of anilines is 1. The predicted octanol–water partition coefficient (Wildman–Crippen LogP) is 8.31. The zero-order valence-corrected chi connectivity index (χ0v) is 38.9. The van der Waals surface area contributed by atoms with Crippen molar-refractivity contribution in [1.29, 1.82) is 5.26 Å². The number of halogens is 4. The number of amides is 3. The van der Waals surface area contributed by atoms with Gasteiger partial charge in [-0.2, -0.15) is 5.26 Å². The van der Waals surface area contributed by atoms with Crippen LogP contribution in [0.3, 0.4) is 0 Å². The molecular formula is C47H55Cl2F2N5O9. The number of hydrogen-bond donors (Lipinski definition) is 4. The summed E-state index contributed by atoms with van der Waals surface area (Å²) in [6.45, 7) is 13.9. The second-order valence-corrected chi connectivity index (χ2v) is 18.5. The number of alkyl carbamates (subject to hydrolysis) is 1. The molecule has 1 aliphatic heterocycles. The van der Waals surface area contributed by atoms with Gasteiger partial charge in [0.15, 0.2) is 6.61 Å². The molecule has 0 saturated carbocycles. The number of nitriles is 1. The number of benzene rings is 3. The first kappa shape index (κ1) is 51.9. The summed E-state index contributed by atoms with van der Waals surface area (Å²) in [6, 6.07) is 10.9. The summed E-state index contributed by atoms with van der Waals surface area (Å²) in [5, 5.41) is 22.1. The van der Waals surface area contributed by atoms with Crippen molar-refractivity contribution in [1.82, 2.24) is 16.0 Å². The standard InChI is InChI=1S/C47H55Cl2F2N5O9/c1-9-21-63-43(60)34(15-10-11-20-53-44(61)65-46(5,6)7)54-37(57)25-64-42(59)27-16-19-33(35(22-27)62-8)55-41(58)40-38(29-13-12-14-31(49)39(29)51)47(26-52,36(56-40)24-45(2,3)4)30-18-17-28(48)23-32(30)50/h9,12-14,16-19,22-23,34,36,38,40,56H,1,10-11,15,20-21,24-25H2,2-8H3,(H,53,61)(H,54,57)(H,55,58)/t34-,36-,38-,40+,47-/m0/s1. The average Bonchev–Trinajstić information content (AvgIpc) is 3.54. The molecule has 0 aromatic heterocycles. The Balaban J connectivity index is 1.53. The molecule has 0 bridgehead atoms. The van der Waals surface area contributed by atoms with Crippen molar-refractivity contribution in [3.05, 3.63) is 106 Å². The summed E-state index contributed by atoms with van der Waals surface area (Å²) in [5.74, 6) is -6.27. The van der Waals surface area contributed by atoms with Crippen LogP contribution in [0.25, 0.3) is 0 Å². The van der Waals surface area contributed by atoms with Gasteiger partial charge in [0.2, 0.25) is 5.91 Å². The molecule has 65 heavy (non-hydrogen) atoms. The molecule has 14 nitrogen and oxygen atoms in total. The Labute approximate surface area is 387 Å². The van der Waals surface area contributed by atoms with Crippen LogP contribution in [0.15, 0.2) is 67.3 Å². The van der Waals surface area contributed by atoms with Crippen molar-refractivity contribution < 1.29 is 51.7 Å². The third kappa shape index (κ3) is 13.6. The average molecular weight is 943 g/mol. The van der Waals surface area contributed by atoms with Crippen LogP contribution in [-0.2, 0) is 34.0 Å². The molecule has 3 aromatic rings. The van der Waals surface area contributed by atoms with Crippen LogP contribution in [0.1, 0.15) is 94.6 Å². The normalized spacial score (nSPS) is 18.6. The molecule has 4 N–H and O–H groups in total. The van der Waals surface area contributed by atoms with Gasteiger partial charge in [0.25, 0.3) is 5.91 Å². The van der Waals surface area contributed by atoms with E-state index < -0.39 is 88.6 Å². The van der Waals surface area contributed by atoms with Crippen LogP contribution in [0.2, 0.25) is 10.0 Å². The van der Waals surface area contributed by atoms with Gasteiger partial charge in [-0.05, 0) is 93.8 Å². The molecule has 4 rings (SSSR count). The summed E-state index contributed by atoms with van der Waals surface area (Å²) < 4.78 is 53.3. The van der Waals surface area contributed by atoms with Gasteiger partial charge < -0.3 is 40.2 Å². The molecule has 0 unspecified atom stereocenters. The van der Waals surface area contributed by atoms with E-state index in [1.807, 2.05) is 20.8 Å². The van der Waals surface area contributed by atoms with Crippen LogP contribution >= 0.6 is 23.2 Å². The maximum Gasteiger partial charge on any atom is 0.407 e. The van der Waals surface area contributed by atoms with Gasteiger partial charge in [-0.15, -0.1) is 0 Å². The number of carbonyl (C=O) groups excluding carboxylic acids is 5. The molecule has 1 heterocycles. The van der Waals surface area contributed by atoms with Crippen LogP contribution in [-0.4, -0.2) is 80.4 Å². The maximum absolute atomic E-state index is 16.1. The number of nitrogens with one attached hydrogen (secondary N) is 4. The Morgan fingerprint density at radius 2 is 1.72 bits per heavy atom. The first-order valence-electron chi connectivity index (χ1n) is 20.8. The summed E-state index contributed by atoms with van der Waals surface area (Å²) >= 11 is 12.4. The monoisotopic (exact) mass is 941 g/mol. The van der Waals surface area contributed by atoms with E-state index >= 15 is 8.78 Å². The van der Waals surface area contributed by atoms with E-state index in [1.54, 1.807) is 20.8 Å². The van der Waals surface area contributed by atoms with E-state index in [1.165, 1.54) is 61.7 Å². The van der Waals surface area contributed by atoms with Gasteiger partial charge in [0.05, 0.1) is 35.5 Å². The van der Waals surface area contributed by atoms with Crippen molar-refractivity contribution in [2.75, 3.05) is 32.2 Å². The van der Waals surface area contributed by atoms with Crippen LogP contribution in [0.5, 0.6) is 5.75 Å². The fourth-order valence-electron chi connectivity index (χ4n) is 7.61. The van der Waals surface area contributed by atoms with Crippen LogP contribution in [0.4, 0.5) is 19.3 Å². The smallest absolute Gasteiger partial charge is 0.407 e. The van der Waals surface area contributed by atoms with Gasteiger partial charge in [-0.3, -0.25) is 9.59 Å². The van der Waals surface area contributed by atoms with Crippen molar-refractivity contribution in [3.8, 4) is 11.8 Å². The highest BCUT2D eigenvalue weighted by atomic mass is 35.5. The third-order valence-electron chi connectivity index (χ3n) is 10.3. The molecule has 0 aliphatic carbocycles. The molecule has 350 valence electrons. The minimum atomic E-state index is -1.87.